The molecule has 2 aromatic carbocycles. The maximum absolute atomic E-state index is 12.8. The predicted octanol–water partition coefficient (Wildman–Crippen LogP) is 4.51. The highest BCUT2D eigenvalue weighted by Gasteiger charge is 2.19. The van der Waals surface area contributed by atoms with Crippen LogP contribution in [0.5, 0.6) is 0 Å². The highest BCUT2D eigenvalue weighted by molar-refractivity contribution is 7.10. The smallest absolute Gasteiger partial charge is 0.255 e. The molecule has 2 heterocycles. The Bertz CT molecular complexity index is 995. The number of aromatic nitrogens is 2. The van der Waals surface area contributed by atoms with Crippen molar-refractivity contribution in [1.29, 1.82) is 0 Å². The van der Waals surface area contributed by atoms with Gasteiger partial charge in [-0.3, -0.25) is 9.48 Å². The van der Waals surface area contributed by atoms with E-state index in [9.17, 15) is 4.79 Å². The zero-order valence-electron chi connectivity index (χ0n) is 14.7. The third kappa shape index (κ3) is 4.15. The Hall–Kier alpha value is -3.18. The summed E-state index contributed by atoms with van der Waals surface area (Å²) >= 11 is 1.63. The highest BCUT2D eigenvalue weighted by atomic mass is 32.1. The van der Waals surface area contributed by atoms with E-state index in [-0.39, 0.29) is 11.9 Å². The number of nitrogens with one attached hydrogen (secondary N) is 1. The topological polar surface area (TPSA) is 46.9 Å². The molecule has 0 bridgehead atoms. The molecule has 0 radical (unpaired) electrons. The summed E-state index contributed by atoms with van der Waals surface area (Å²) in [6, 6.07) is 24.0. The maximum atomic E-state index is 12.8. The number of rotatable bonds is 6. The van der Waals surface area contributed by atoms with Crippen LogP contribution in [0.1, 0.15) is 32.4 Å². The van der Waals surface area contributed by atoms with Gasteiger partial charge in [-0.2, -0.15) is 5.10 Å². The fourth-order valence-electron chi connectivity index (χ4n) is 2.97. The lowest BCUT2D eigenvalue weighted by molar-refractivity contribution is 0.0943. The van der Waals surface area contributed by atoms with E-state index < -0.39 is 0 Å². The lowest BCUT2D eigenvalue weighted by atomic mass is 10.1. The second-order valence-electron chi connectivity index (χ2n) is 6.24. The molecule has 0 saturated carbocycles. The Morgan fingerprint density at radius 3 is 2.44 bits per heavy atom. The van der Waals surface area contributed by atoms with Gasteiger partial charge in [-0.1, -0.05) is 66.7 Å². The number of thiophene rings is 1. The number of hydrogen-bond donors (Lipinski definition) is 1. The highest BCUT2D eigenvalue weighted by Crippen LogP contribution is 2.26. The van der Waals surface area contributed by atoms with E-state index >= 15 is 0 Å². The molecule has 0 fully saturated rings. The third-order valence-electron chi connectivity index (χ3n) is 4.32. The summed E-state index contributed by atoms with van der Waals surface area (Å²) in [5.41, 5.74) is 2.77. The average molecular weight is 373 g/mol. The summed E-state index contributed by atoms with van der Waals surface area (Å²) in [6.45, 7) is 0.640. The van der Waals surface area contributed by atoms with E-state index in [1.807, 2.05) is 78.2 Å². The molecule has 2 aromatic heterocycles. The van der Waals surface area contributed by atoms with Crippen molar-refractivity contribution in [2.45, 2.75) is 12.6 Å². The molecule has 0 aliphatic rings. The van der Waals surface area contributed by atoms with Gasteiger partial charge in [-0.15, -0.1) is 11.3 Å². The lowest BCUT2D eigenvalue weighted by Crippen LogP contribution is -2.28. The van der Waals surface area contributed by atoms with Crippen LogP contribution in [0.15, 0.2) is 90.6 Å². The first kappa shape index (κ1) is 17.2. The number of amides is 1. The minimum Gasteiger partial charge on any atom is -0.340 e. The maximum Gasteiger partial charge on any atom is 0.255 e. The monoisotopic (exact) mass is 373 g/mol. The fraction of sp³-hybridized carbons (Fsp3) is 0.0909. The Morgan fingerprint density at radius 2 is 1.74 bits per heavy atom. The summed E-state index contributed by atoms with van der Waals surface area (Å²) in [6.07, 6.45) is 3.41. The van der Waals surface area contributed by atoms with E-state index in [4.69, 9.17) is 0 Å². The first-order chi connectivity index (χ1) is 13.3. The number of carbonyl (C=O) groups excluding carboxylic acids is 1. The van der Waals surface area contributed by atoms with Gasteiger partial charge in [0.25, 0.3) is 5.91 Å². The molecule has 0 spiro atoms. The van der Waals surface area contributed by atoms with Crippen LogP contribution in [0, 0.1) is 0 Å². The molecule has 1 atom stereocenters. The van der Waals surface area contributed by atoms with Gasteiger partial charge in [0, 0.05) is 11.1 Å². The molecular formula is C22H19N3OS. The number of carbonyl (C=O) groups is 1. The first-order valence-electron chi connectivity index (χ1n) is 8.75. The van der Waals surface area contributed by atoms with Crippen molar-refractivity contribution in [1.82, 2.24) is 15.1 Å². The third-order valence-corrected chi connectivity index (χ3v) is 5.26. The molecule has 4 nitrogen and oxygen atoms in total. The first-order valence-corrected chi connectivity index (χ1v) is 9.63. The van der Waals surface area contributed by atoms with Crippen molar-refractivity contribution >= 4 is 17.2 Å². The molecule has 4 aromatic rings. The standard InChI is InChI=1S/C22H19N3OS/c26-22(19-14-23-25(16-19)15-17-8-3-1-4-9-17)24-21(20-12-7-13-27-20)18-10-5-2-6-11-18/h1-14,16,21H,15H2,(H,24,26)/t21-/m0/s1. The van der Waals surface area contributed by atoms with Crippen molar-refractivity contribution in [2.24, 2.45) is 0 Å². The Kier molecular flexibility index (Phi) is 5.12. The van der Waals surface area contributed by atoms with Crippen LogP contribution in [-0.4, -0.2) is 15.7 Å². The van der Waals surface area contributed by atoms with Crippen LogP contribution in [-0.2, 0) is 6.54 Å². The van der Waals surface area contributed by atoms with Crippen LogP contribution in [0.4, 0.5) is 0 Å². The van der Waals surface area contributed by atoms with Crippen LogP contribution in [0.25, 0.3) is 0 Å². The van der Waals surface area contributed by atoms with Crippen molar-refractivity contribution < 1.29 is 4.79 Å². The van der Waals surface area contributed by atoms with E-state index in [1.54, 1.807) is 28.4 Å². The predicted molar refractivity (Wildman–Crippen MR) is 108 cm³/mol. The molecule has 5 heteroatoms. The van der Waals surface area contributed by atoms with E-state index in [0.29, 0.717) is 12.1 Å². The number of benzene rings is 2. The summed E-state index contributed by atoms with van der Waals surface area (Å²) in [5, 5.41) is 9.50. The summed E-state index contributed by atoms with van der Waals surface area (Å²) in [5.74, 6) is -0.128. The van der Waals surface area contributed by atoms with Crippen LogP contribution >= 0.6 is 11.3 Å². The largest absolute Gasteiger partial charge is 0.340 e. The lowest BCUT2D eigenvalue weighted by Gasteiger charge is -2.17. The Balaban J connectivity index is 1.52. The van der Waals surface area contributed by atoms with E-state index in [2.05, 4.69) is 10.4 Å². The number of nitrogens with zero attached hydrogens (tertiary/aromatic N) is 2. The normalized spacial score (nSPS) is 11.9. The molecular weight excluding hydrogens is 354 g/mol. The second kappa shape index (κ2) is 8.01. The van der Waals surface area contributed by atoms with Crippen LogP contribution < -0.4 is 5.32 Å². The van der Waals surface area contributed by atoms with Crippen molar-refractivity contribution in [3.63, 3.8) is 0 Å². The van der Waals surface area contributed by atoms with Gasteiger partial charge < -0.3 is 5.32 Å². The SMILES string of the molecule is O=C(N[C@@H](c1ccccc1)c1cccs1)c1cnn(Cc2ccccc2)c1. The van der Waals surface area contributed by atoms with Gasteiger partial charge in [-0.05, 0) is 22.6 Å². The zero-order valence-corrected chi connectivity index (χ0v) is 15.5. The molecule has 0 aliphatic heterocycles. The van der Waals surface area contributed by atoms with Gasteiger partial charge in [0.1, 0.15) is 0 Å². The van der Waals surface area contributed by atoms with Gasteiger partial charge in [0.15, 0.2) is 0 Å². The molecule has 134 valence electrons. The summed E-state index contributed by atoms with van der Waals surface area (Å²) in [4.78, 5) is 13.9. The summed E-state index contributed by atoms with van der Waals surface area (Å²) in [7, 11) is 0. The molecule has 0 unspecified atom stereocenters. The quantitative estimate of drug-likeness (QED) is 0.540. The Morgan fingerprint density at radius 1 is 1.00 bits per heavy atom. The molecule has 4 rings (SSSR count). The van der Waals surface area contributed by atoms with Crippen molar-refractivity contribution in [3.05, 3.63) is 112 Å². The molecule has 1 N–H and O–H groups in total. The Labute approximate surface area is 162 Å². The number of hydrogen-bond acceptors (Lipinski definition) is 3. The van der Waals surface area contributed by atoms with Crippen LogP contribution in [0.3, 0.4) is 0 Å². The van der Waals surface area contributed by atoms with E-state index in [1.165, 1.54) is 0 Å². The minimum absolute atomic E-state index is 0.128. The molecule has 27 heavy (non-hydrogen) atoms. The van der Waals surface area contributed by atoms with Gasteiger partial charge in [0.05, 0.1) is 24.3 Å². The van der Waals surface area contributed by atoms with Crippen molar-refractivity contribution in [3.8, 4) is 0 Å². The second-order valence-corrected chi connectivity index (χ2v) is 7.22. The molecule has 1 amide bonds. The molecule has 0 saturated heterocycles. The van der Waals surface area contributed by atoms with Gasteiger partial charge >= 0.3 is 0 Å². The van der Waals surface area contributed by atoms with Crippen LogP contribution in [0.2, 0.25) is 0 Å². The van der Waals surface area contributed by atoms with E-state index in [0.717, 1.165) is 16.0 Å². The van der Waals surface area contributed by atoms with Crippen molar-refractivity contribution in [2.75, 3.05) is 0 Å². The zero-order chi connectivity index (χ0) is 18.5. The molecule has 0 aliphatic carbocycles. The summed E-state index contributed by atoms with van der Waals surface area (Å²) < 4.78 is 1.78. The van der Waals surface area contributed by atoms with Gasteiger partial charge in [-0.25, -0.2) is 0 Å². The minimum atomic E-state index is -0.170. The fourth-order valence-corrected chi connectivity index (χ4v) is 3.77. The van der Waals surface area contributed by atoms with Gasteiger partial charge in [0.2, 0.25) is 0 Å². The average Bonchev–Trinajstić information content (AvgIpc) is 3.40.